The van der Waals surface area contributed by atoms with Crippen LogP contribution in [0, 0.1) is 0 Å². The zero-order valence-electron chi connectivity index (χ0n) is 7.07. The van der Waals surface area contributed by atoms with Gasteiger partial charge in [-0.15, -0.1) is 0 Å². The van der Waals surface area contributed by atoms with E-state index < -0.39 is 0 Å². The number of aromatic nitrogens is 2. The van der Waals surface area contributed by atoms with Crippen LogP contribution in [0.25, 0.3) is 11.3 Å². The summed E-state index contributed by atoms with van der Waals surface area (Å²) in [5.41, 5.74) is 2.20. The number of H-pyrrole nitrogens is 1. The molecule has 1 heterocycles. The molecule has 0 saturated carbocycles. The maximum Gasteiger partial charge on any atom is 0.116 e. The molecule has 0 unspecified atom stereocenters. The van der Waals surface area contributed by atoms with Crippen LogP contribution in [-0.4, -0.2) is 9.97 Å². The van der Waals surface area contributed by atoms with Crippen molar-refractivity contribution in [2.45, 2.75) is 5.75 Å². The highest BCUT2D eigenvalue weighted by atomic mass is 32.1. The third kappa shape index (κ3) is 1.75. The molecule has 2 aromatic rings. The summed E-state index contributed by atoms with van der Waals surface area (Å²) in [5.74, 6) is 1.55. The molecule has 3 heteroatoms. The summed E-state index contributed by atoms with van der Waals surface area (Å²) in [5, 5.41) is 0. The predicted octanol–water partition coefficient (Wildman–Crippen LogP) is 2.51. The molecule has 1 aromatic heterocycles. The van der Waals surface area contributed by atoms with Crippen LogP contribution in [0.15, 0.2) is 36.5 Å². The molecule has 0 aliphatic carbocycles. The third-order valence-electron chi connectivity index (χ3n) is 1.86. The van der Waals surface area contributed by atoms with E-state index in [0.29, 0.717) is 5.75 Å². The SMILES string of the molecule is SCc1ncc(-c2ccccc2)[nH]1. The second kappa shape index (κ2) is 3.66. The lowest BCUT2D eigenvalue weighted by molar-refractivity contribution is 1.13. The van der Waals surface area contributed by atoms with Crippen LogP contribution in [0.5, 0.6) is 0 Å². The van der Waals surface area contributed by atoms with Gasteiger partial charge in [0.25, 0.3) is 0 Å². The summed E-state index contributed by atoms with van der Waals surface area (Å²) >= 11 is 4.14. The zero-order valence-corrected chi connectivity index (χ0v) is 7.96. The van der Waals surface area contributed by atoms with Crippen LogP contribution >= 0.6 is 12.6 Å². The number of hydrogen-bond donors (Lipinski definition) is 2. The van der Waals surface area contributed by atoms with Crippen molar-refractivity contribution in [3.63, 3.8) is 0 Å². The fourth-order valence-corrected chi connectivity index (χ4v) is 1.37. The number of imidazole rings is 1. The third-order valence-corrected chi connectivity index (χ3v) is 2.16. The zero-order chi connectivity index (χ0) is 9.10. The van der Waals surface area contributed by atoms with E-state index in [4.69, 9.17) is 0 Å². The largest absolute Gasteiger partial charge is 0.341 e. The Balaban J connectivity index is 2.36. The maximum absolute atomic E-state index is 4.18. The van der Waals surface area contributed by atoms with Gasteiger partial charge < -0.3 is 4.98 Å². The predicted molar refractivity (Wildman–Crippen MR) is 56.7 cm³/mol. The molecule has 0 aliphatic heterocycles. The second-order valence-corrected chi connectivity index (χ2v) is 3.08. The number of nitrogens with zero attached hydrogens (tertiary/aromatic N) is 1. The quantitative estimate of drug-likeness (QED) is 0.700. The molecular formula is C10H10N2S. The Morgan fingerprint density at radius 1 is 1.23 bits per heavy atom. The monoisotopic (exact) mass is 190 g/mol. The van der Waals surface area contributed by atoms with Gasteiger partial charge in [0.1, 0.15) is 5.82 Å². The molecule has 0 amide bonds. The molecule has 0 spiro atoms. The first kappa shape index (κ1) is 8.38. The summed E-state index contributed by atoms with van der Waals surface area (Å²) in [7, 11) is 0. The fraction of sp³-hybridized carbons (Fsp3) is 0.100. The van der Waals surface area contributed by atoms with Gasteiger partial charge in [-0.3, -0.25) is 0 Å². The van der Waals surface area contributed by atoms with E-state index in [-0.39, 0.29) is 0 Å². The van der Waals surface area contributed by atoms with Gasteiger partial charge >= 0.3 is 0 Å². The van der Waals surface area contributed by atoms with Crippen molar-refractivity contribution < 1.29 is 0 Å². The van der Waals surface area contributed by atoms with Crippen molar-refractivity contribution in [1.29, 1.82) is 0 Å². The highest BCUT2D eigenvalue weighted by molar-refractivity contribution is 7.79. The number of aromatic amines is 1. The number of benzene rings is 1. The van der Waals surface area contributed by atoms with Crippen molar-refractivity contribution in [1.82, 2.24) is 9.97 Å². The van der Waals surface area contributed by atoms with Gasteiger partial charge in [-0.2, -0.15) is 12.6 Å². The van der Waals surface area contributed by atoms with E-state index in [0.717, 1.165) is 17.1 Å². The normalized spacial score (nSPS) is 10.2. The molecule has 2 nitrogen and oxygen atoms in total. The highest BCUT2D eigenvalue weighted by Crippen LogP contribution is 2.16. The van der Waals surface area contributed by atoms with Gasteiger partial charge in [0.05, 0.1) is 11.9 Å². The van der Waals surface area contributed by atoms with Gasteiger partial charge in [-0.05, 0) is 5.56 Å². The van der Waals surface area contributed by atoms with Crippen molar-refractivity contribution >= 4 is 12.6 Å². The minimum Gasteiger partial charge on any atom is -0.341 e. The first-order valence-electron chi connectivity index (χ1n) is 4.10. The van der Waals surface area contributed by atoms with Crippen LogP contribution in [0.2, 0.25) is 0 Å². The Hall–Kier alpha value is -1.22. The van der Waals surface area contributed by atoms with Gasteiger partial charge in [-0.25, -0.2) is 4.98 Å². The Morgan fingerprint density at radius 3 is 2.62 bits per heavy atom. The fourth-order valence-electron chi connectivity index (χ4n) is 1.21. The van der Waals surface area contributed by atoms with Crippen molar-refractivity contribution in [3.8, 4) is 11.3 Å². The van der Waals surface area contributed by atoms with E-state index in [1.54, 1.807) is 0 Å². The van der Waals surface area contributed by atoms with Crippen LogP contribution in [-0.2, 0) is 5.75 Å². The molecule has 0 aliphatic rings. The molecule has 0 radical (unpaired) electrons. The highest BCUT2D eigenvalue weighted by Gasteiger charge is 1.99. The lowest BCUT2D eigenvalue weighted by Gasteiger charge is -1.94. The van der Waals surface area contributed by atoms with E-state index >= 15 is 0 Å². The molecule has 2 rings (SSSR count). The summed E-state index contributed by atoms with van der Waals surface area (Å²) in [6, 6.07) is 10.1. The molecule has 0 bridgehead atoms. The van der Waals surface area contributed by atoms with Crippen LogP contribution in [0.3, 0.4) is 0 Å². The van der Waals surface area contributed by atoms with Gasteiger partial charge in [-0.1, -0.05) is 30.3 Å². The summed E-state index contributed by atoms with van der Waals surface area (Å²) in [6.45, 7) is 0. The van der Waals surface area contributed by atoms with Crippen LogP contribution < -0.4 is 0 Å². The molecule has 0 fully saturated rings. The molecular weight excluding hydrogens is 180 g/mol. The number of hydrogen-bond acceptors (Lipinski definition) is 2. The Labute approximate surface area is 82.4 Å². The first-order chi connectivity index (χ1) is 6.40. The lowest BCUT2D eigenvalue weighted by Crippen LogP contribution is -1.80. The summed E-state index contributed by atoms with van der Waals surface area (Å²) in [6.07, 6.45) is 1.83. The number of thiol groups is 1. The van der Waals surface area contributed by atoms with Crippen LogP contribution in [0.4, 0.5) is 0 Å². The van der Waals surface area contributed by atoms with E-state index in [1.807, 2.05) is 24.4 Å². The van der Waals surface area contributed by atoms with E-state index in [9.17, 15) is 0 Å². The van der Waals surface area contributed by atoms with Gasteiger partial charge in [0.2, 0.25) is 0 Å². The average molecular weight is 190 g/mol. The average Bonchev–Trinajstić information content (AvgIpc) is 2.67. The summed E-state index contributed by atoms with van der Waals surface area (Å²) < 4.78 is 0. The molecule has 0 saturated heterocycles. The minimum atomic E-state index is 0.646. The molecule has 66 valence electrons. The van der Waals surface area contributed by atoms with Gasteiger partial charge in [0, 0.05) is 5.75 Å². The number of rotatable bonds is 2. The molecule has 0 atom stereocenters. The summed E-state index contributed by atoms with van der Waals surface area (Å²) in [4.78, 5) is 7.37. The van der Waals surface area contributed by atoms with Crippen molar-refractivity contribution in [2.75, 3.05) is 0 Å². The smallest absolute Gasteiger partial charge is 0.116 e. The van der Waals surface area contributed by atoms with E-state index in [2.05, 4.69) is 34.7 Å². The van der Waals surface area contributed by atoms with Gasteiger partial charge in [0.15, 0.2) is 0 Å². The standard InChI is InChI=1S/C10H10N2S/c13-7-10-11-6-9(12-10)8-4-2-1-3-5-8/h1-6,13H,7H2,(H,11,12). The molecule has 1 aromatic carbocycles. The lowest BCUT2D eigenvalue weighted by atomic mass is 10.2. The maximum atomic E-state index is 4.18. The van der Waals surface area contributed by atoms with Crippen LogP contribution in [0.1, 0.15) is 5.82 Å². The Kier molecular flexibility index (Phi) is 2.36. The number of nitrogens with one attached hydrogen (secondary N) is 1. The van der Waals surface area contributed by atoms with Crippen molar-refractivity contribution in [3.05, 3.63) is 42.4 Å². The topological polar surface area (TPSA) is 28.7 Å². The van der Waals surface area contributed by atoms with Crippen molar-refractivity contribution in [2.24, 2.45) is 0 Å². The molecule has 13 heavy (non-hydrogen) atoms. The van der Waals surface area contributed by atoms with E-state index in [1.165, 1.54) is 0 Å². The Morgan fingerprint density at radius 2 is 2.00 bits per heavy atom. The second-order valence-electron chi connectivity index (χ2n) is 2.77. The Bertz CT molecular complexity index is 381. The molecule has 1 N–H and O–H groups in total. The first-order valence-corrected chi connectivity index (χ1v) is 4.73. The minimum absolute atomic E-state index is 0.646.